The molecule has 2 N–H and O–H groups in total. The van der Waals surface area contributed by atoms with Crippen LogP contribution in [0.4, 0.5) is 11.4 Å². The second-order valence-corrected chi connectivity index (χ2v) is 5.60. The number of carboxylic acids is 1. The van der Waals surface area contributed by atoms with Gasteiger partial charge in [0.2, 0.25) is 0 Å². The molecule has 1 fully saturated rings. The summed E-state index contributed by atoms with van der Waals surface area (Å²) in [7, 11) is 2.09. The predicted molar refractivity (Wildman–Crippen MR) is 71.4 cm³/mol. The summed E-state index contributed by atoms with van der Waals surface area (Å²) in [6, 6.07) is 5.33. The molecule has 1 aliphatic heterocycles. The maximum atomic E-state index is 11.0. The molecule has 4 heteroatoms. The van der Waals surface area contributed by atoms with Gasteiger partial charge in [-0.1, -0.05) is 6.42 Å². The number of benzene rings is 1. The first-order chi connectivity index (χ1) is 8.60. The Bertz CT molecular complexity index is 495. The molecule has 0 bridgehead atoms. The van der Waals surface area contributed by atoms with Crippen LogP contribution >= 0.6 is 0 Å². The molecule has 1 aromatic rings. The second kappa shape index (κ2) is 3.90. The van der Waals surface area contributed by atoms with E-state index in [0.29, 0.717) is 11.0 Å². The lowest BCUT2D eigenvalue weighted by Gasteiger charge is -2.43. The minimum atomic E-state index is -0.871. The van der Waals surface area contributed by atoms with Crippen LogP contribution in [0.15, 0.2) is 18.2 Å². The average Bonchev–Trinajstić information content (AvgIpc) is 2.45. The van der Waals surface area contributed by atoms with Crippen LogP contribution in [-0.4, -0.2) is 31.2 Å². The number of hydrogen-bond acceptors (Lipinski definition) is 3. The summed E-state index contributed by atoms with van der Waals surface area (Å²) in [5.41, 5.74) is 2.78. The summed E-state index contributed by atoms with van der Waals surface area (Å²) in [4.78, 5) is 13.3. The van der Waals surface area contributed by atoms with Crippen molar-refractivity contribution in [3.63, 3.8) is 0 Å². The van der Waals surface area contributed by atoms with Crippen LogP contribution in [0.2, 0.25) is 0 Å². The average molecular weight is 246 g/mol. The number of nitrogens with one attached hydrogen (secondary N) is 1. The molecule has 18 heavy (non-hydrogen) atoms. The molecular formula is C14H18N2O2. The van der Waals surface area contributed by atoms with E-state index in [1.54, 1.807) is 12.1 Å². The highest BCUT2D eigenvalue weighted by atomic mass is 16.4. The van der Waals surface area contributed by atoms with E-state index in [1.165, 1.54) is 19.3 Å². The maximum Gasteiger partial charge on any atom is 0.335 e. The first kappa shape index (κ1) is 11.4. The third-order valence-electron chi connectivity index (χ3n) is 4.30. The number of rotatable bonds is 1. The van der Waals surface area contributed by atoms with Gasteiger partial charge in [-0.15, -0.1) is 0 Å². The summed E-state index contributed by atoms with van der Waals surface area (Å²) in [5.74, 6) is -0.871. The van der Waals surface area contributed by atoms with Gasteiger partial charge in [0, 0.05) is 25.6 Å². The van der Waals surface area contributed by atoms with Crippen molar-refractivity contribution in [3.05, 3.63) is 23.8 Å². The van der Waals surface area contributed by atoms with Crippen LogP contribution in [0.1, 0.15) is 29.6 Å². The standard InChI is InChI=1S/C14H18N2O2/c1-16-9-14(5-2-6-14)8-15-11-7-10(13(17)18)3-4-12(11)16/h3-4,7,15H,2,5-6,8-9H2,1H3,(H,17,18). The van der Waals surface area contributed by atoms with Crippen LogP contribution in [0, 0.1) is 5.41 Å². The lowest BCUT2D eigenvalue weighted by Crippen LogP contribution is -2.43. The Morgan fingerprint density at radius 2 is 2.22 bits per heavy atom. The molecular weight excluding hydrogens is 228 g/mol. The SMILES string of the molecule is CN1CC2(CCC2)CNc2cc(C(=O)O)ccc21. The van der Waals surface area contributed by atoms with Gasteiger partial charge < -0.3 is 15.3 Å². The molecule has 0 saturated heterocycles. The van der Waals surface area contributed by atoms with Gasteiger partial charge in [0.25, 0.3) is 0 Å². The first-order valence-electron chi connectivity index (χ1n) is 6.42. The Morgan fingerprint density at radius 1 is 1.44 bits per heavy atom. The monoisotopic (exact) mass is 246 g/mol. The first-order valence-corrected chi connectivity index (χ1v) is 6.42. The Kier molecular flexibility index (Phi) is 2.47. The molecule has 0 atom stereocenters. The lowest BCUT2D eigenvalue weighted by molar-refractivity contribution is 0.0697. The van der Waals surface area contributed by atoms with Crippen molar-refractivity contribution in [3.8, 4) is 0 Å². The van der Waals surface area contributed by atoms with E-state index in [0.717, 1.165) is 24.5 Å². The van der Waals surface area contributed by atoms with Gasteiger partial charge >= 0.3 is 5.97 Å². The molecule has 0 unspecified atom stereocenters. The van der Waals surface area contributed by atoms with E-state index in [4.69, 9.17) is 5.11 Å². The topological polar surface area (TPSA) is 52.6 Å². The zero-order chi connectivity index (χ0) is 12.8. The summed E-state index contributed by atoms with van der Waals surface area (Å²) in [6.07, 6.45) is 3.85. The fraction of sp³-hybridized carbons (Fsp3) is 0.500. The van der Waals surface area contributed by atoms with Crippen molar-refractivity contribution in [2.75, 3.05) is 30.4 Å². The number of nitrogens with zero attached hydrogens (tertiary/aromatic N) is 1. The molecule has 1 saturated carbocycles. The second-order valence-electron chi connectivity index (χ2n) is 5.60. The van der Waals surface area contributed by atoms with Crippen molar-refractivity contribution in [1.82, 2.24) is 0 Å². The minimum Gasteiger partial charge on any atom is -0.478 e. The van der Waals surface area contributed by atoms with Crippen LogP contribution in [0.25, 0.3) is 0 Å². The molecule has 1 aromatic carbocycles. The van der Waals surface area contributed by atoms with Gasteiger partial charge in [0.1, 0.15) is 0 Å². The third-order valence-corrected chi connectivity index (χ3v) is 4.30. The molecule has 0 amide bonds. The van der Waals surface area contributed by atoms with E-state index >= 15 is 0 Å². The predicted octanol–water partition coefficient (Wildman–Crippen LogP) is 2.42. The zero-order valence-electron chi connectivity index (χ0n) is 10.6. The van der Waals surface area contributed by atoms with E-state index in [1.807, 2.05) is 6.07 Å². The third kappa shape index (κ3) is 1.72. The zero-order valence-corrected chi connectivity index (χ0v) is 10.6. The molecule has 1 spiro atoms. The van der Waals surface area contributed by atoms with Crippen molar-refractivity contribution >= 4 is 17.3 Å². The molecule has 96 valence electrons. The number of aromatic carboxylic acids is 1. The number of hydrogen-bond donors (Lipinski definition) is 2. The molecule has 4 nitrogen and oxygen atoms in total. The maximum absolute atomic E-state index is 11.0. The quantitative estimate of drug-likeness (QED) is 0.799. The molecule has 3 rings (SSSR count). The van der Waals surface area contributed by atoms with E-state index < -0.39 is 5.97 Å². The van der Waals surface area contributed by atoms with Crippen LogP contribution in [0.3, 0.4) is 0 Å². The fourth-order valence-electron chi connectivity index (χ4n) is 3.08. The minimum absolute atomic E-state index is 0.346. The number of anilines is 2. The Balaban J connectivity index is 1.95. The highest BCUT2D eigenvalue weighted by molar-refractivity contribution is 5.91. The van der Waals surface area contributed by atoms with Crippen molar-refractivity contribution in [2.24, 2.45) is 5.41 Å². The number of carbonyl (C=O) groups is 1. The molecule has 0 radical (unpaired) electrons. The Hall–Kier alpha value is -1.71. The number of carboxylic acid groups (broad SMARTS) is 1. The highest BCUT2D eigenvalue weighted by Crippen LogP contribution is 2.45. The van der Waals surface area contributed by atoms with Crippen molar-refractivity contribution < 1.29 is 9.90 Å². The van der Waals surface area contributed by atoms with E-state index in [2.05, 4.69) is 17.3 Å². The summed E-state index contributed by atoms with van der Waals surface area (Å²) < 4.78 is 0. The van der Waals surface area contributed by atoms with Crippen LogP contribution in [0.5, 0.6) is 0 Å². The van der Waals surface area contributed by atoms with Gasteiger partial charge in [-0.3, -0.25) is 0 Å². The smallest absolute Gasteiger partial charge is 0.335 e. The van der Waals surface area contributed by atoms with E-state index in [9.17, 15) is 4.79 Å². The summed E-state index contributed by atoms with van der Waals surface area (Å²) in [6.45, 7) is 2.01. The summed E-state index contributed by atoms with van der Waals surface area (Å²) in [5, 5.41) is 12.5. The summed E-state index contributed by atoms with van der Waals surface area (Å²) >= 11 is 0. The number of fused-ring (bicyclic) bond motifs is 1. The lowest BCUT2D eigenvalue weighted by atomic mass is 9.68. The van der Waals surface area contributed by atoms with Gasteiger partial charge in [0.15, 0.2) is 0 Å². The Morgan fingerprint density at radius 3 is 2.83 bits per heavy atom. The van der Waals surface area contributed by atoms with Crippen LogP contribution < -0.4 is 10.2 Å². The van der Waals surface area contributed by atoms with Gasteiger partial charge in [-0.2, -0.15) is 0 Å². The van der Waals surface area contributed by atoms with E-state index in [-0.39, 0.29) is 0 Å². The molecule has 0 aromatic heterocycles. The normalized spacial score (nSPS) is 20.6. The van der Waals surface area contributed by atoms with Crippen molar-refractivity contribution in [1.29, 1.82) is 0 Å². The fourth-order valence-corrected chi connectivity index (χ4v) is 3.08. The Labute approximate surface area is 107 Å². The molecule has 1 heterocycles. The molecule has 1 aliphatic carbocycles. The van der Waals surface area contributed by atoms with Crippen LogP contribution in [-0.2, 0) is 0 Å². The molecule has 2 aliphatic rings. The largest absolute Gasteiger partial charge is 0.478 e. The van der Waals surface area contributed by atoms with Gasteiger partial charge in [0.05, 0.1) is 16.9 Å². The highest BCUT2D eigenvalue weighted by Gasteiger charge is 2.39. The van der Waals surface area contributed by atoms with Gasteiger partial charge in [-0.25, -0.2) is 4.79 Å². The van der Waals surface area contributed by atoms with Crippen molar-refractivity contribution in [2.45, 2.75) is 19.3 Å². The van der Waals surface area contributed by atoms with Gasteiger partial charge in [-0.05, 0) is 31.0 Å².